The Labute approximate surface area is 119 Å². The van der Waals surface area contributed by atoms with E-state index in [4.69, 9.17) is 14.7 Å². The Hall–Kier alpha value is -1.41. The van der Waals surface area contributed by atoms with Crippen molar-refractivity contribution >= 4 is 0 Å². The molecule has 0 aromatic heterocycles. The van der Waals surface area contributed by atoms with E-state index >= 15 is 0 Å². The summed E-state index contributed by atoms with van der Waals surface area (Å²) in [5.41, 5.74) is 1.89. The number of hydrogen-bond acceptors (Lipinski definition) is 4. The molecular weight excluding hydrogens is 252 g/mol. The standard InChI is InChI=1S/C16H20N2O2/c17-11-13-2-1-3-14(10-13)12-18-15-4-6-16(7-5-15)19-8-9-20-16/h1-3,10,15,18H,4-9,12H2. The average Bonchev–Trinajstić information content (AvgIpc) is 2.95. The van der Waals surface area contributed by atoms with E-state index in [2.05, 4.69) is 17.5 Å². The predicted octanol–water partition coefficient (Wildman–Crippen LogP) is 2.33. The van der Waals surface area contributed by atoms with Gasteiger partial charge < -0.3 is 14.8 Å². The van der Waals surface area contributed by atoms with Crippen LogP contribution in [0.5, 0.6) is 0 Å². The smallest absolute Gasteiger partial charge is 0.168 e. The first kappa shape index (κ1) is 13.6. The van der Waals surface area contributed by atoms with E-state index in [0.717, 1.165) is 56.6 Å². The van der Waals surface area contributed by atoms with Crippen LogP contribution in [-0.4, -0.2) is 25.0 Å². The molecule has 1 aliphatic heterocycles. The minimum absolute atomic E-state index is 0.279. The second-order valence-electron chi connectivity index (χ2n) is 5.57. The van der Waals surface area contributed by atoms with Gasteiger partial charge in [0.25, 0.3) is 0 Å². The molecule has 2 fully saturated rings. The van der Waals surface area contributed by atoms with E-state index in [1.54, 1.807) is 0 Å². The summed E-state index contributed by atoms with van der Waals surface area (Å²) in [5.74, 6) is -0.279. The molecule has 0 radical (unpaired) electrons. The molecule has 3 rings (SSSR count). The Morgan fingerprint density at radius 3 is 2.70 bits per heavy atom. The van der Waals surface area contributed by atoms with Crippen LogP contribution < -0.4 is 5.32 Å². The van der Waals surface area contributed by atoms with Gasteiger partial charge in [0, 0.05) is 25.4 Å². The lowest BCUT2D eigenvalue weighted by Crippen LogP contribution is -2.41. The summed E-state index contributed by atoms with van der Waals surface area (Å²) in [6, 6.07) is 10.5. The van der Waals surface area contributed by atoms with Crippen molar-refractivity contribution in [3.63, 3.8) is 0 Å². The molecule has 106 valence electrons. The topological polar surface area (TPSA) is 54.3 Å². The Morgan fingerprint density at radius 2 is 2.00 bits per heavy atom. The maximum absolute atomic E-state index is 8.90. The third kappa shape index (κ3) is 3.01. The predicted molar refractivity (Wildman–Crippen MR) is 74.9 cm³/mol. The van der Waals surface area contributed by atoms with Gasteiger partial charge in [-0.1, -0.05) is 12.1 Å². The first-order valence-electron chi connectivity index (χ1n) is 7.30. The van der Waals surface area contributed by atoms with Gasteiger partial charge in [0.05, 0.1) is 24.8 Å². The molecule has 1 saturated carbocycles. The average molecular weight is 272 g/mol. The highest BCUT2D eigenvalue weighted by Gasteiger charge is 2.40. The highest BCUT2D eigenvalue weighted by molar-refractivity contribution is 5.32. The van der Waals surface area contributed by atoms with Crippen molar-refractivity contribution < 1.29 is 9.47 Å². The molecule has 0 unspecified atom stereocenters. The number of nitrogens with zero attached hydrogens (tertiary/aromatic N) is 1. The molecule has 1 N–H and O–H groups in total. The third-order valence-corrected chi connectivity index (χ3v) is 4.21. The number of nitriles is 1. The minimum atomic E-state index is -0.279. The maximum atomic E-state index is 8.90. The van der Waals surface area contributed by atoms with Gasteiger partial charge in [-0.2, -0.15) is 5.26 Å². The molecule has 0 amide bonds. The third-order valence-electron chi connectivity index (χ3n) is 4.21. The monoisotopic (exact) mass is 272 g/mol. The summed E-state index contributed by atoms with van der Waals surface area (Å²) in [6.07, 6.45) is 4.11. The zero-order valence-electron chi connectivity index (χ0n) is 11.6. The van der Waals surface area contributed by atoms with Crippen LogP contribution in [0.3, 0.4) is 0 Å². The zero-order chi connectivity index (χ0) is 13.8. The number of benzene rings is 1. The molecule has 1 heterocycles. The van der Waals surface area contributed by atoms with Crippen LogP contribution >= 0.6 is 0 Å². The molecule has 1 aromatic carbocycles. The van der Waals surface area contributed by atoms with Crippen LogP contribution in [0.4, 0.5) is 0 Å². The number of hydrogen-bond donors (Lipinski definition) is 1. The van der Waals surface area contributed by atoms with Gasteiger partial charge in [0.1, 0.15) is 0 Å². The fraction of sp³-hybridized carbons (Fsp3) is 0.562. The number of rotatable bonds is 3. The first-order chi connectivity index (χ1) is 9.80. The summed E-state index contributed by atoms with van der Waals surface area (Å²) in [6.45, 7) is 2.28. The first-order valence-corrected chi connectivity index (χ1v) is 7.30. The Bertz CT molecular complexity index is 493. The van der Waals surface area contributed by atoms with Crippen molar-refractivity contribution in [2.45, 2.75) is 44.1 Å². The summed E-state index contributed by atoms with van der Waals surface area (Å²) in [5, 5.41) is 12.5. The highest BCUT2D eigenvalue weighted by atomic mass is 16.7. The molecule has 1 spiro atoms. The van der Waals surface area contributed by atoms with Crippen molar-refractivity contribution in [1.29, 1.82) is 5.26 Å². The van der Waals surface area contributed by atoms with Crippen LogP contribution in [0, 0.1) is 11.3 Å². The largest absolute Gasteiger partial charge is 0.348 e. The van der Waals surface area contributed by atoms with Crippen LogP contribution in [-0.2, 0) is 16.0 Å². The lowest BCUT2D eigenvalue weighted by Gasteiger charge is -2.35. The molecule has 1 saturated heterocycles. The molecule has 20 heavy (non-hydrogen) atoms. The molecule has 0 atom stereocenters. The molecule has 1 aliphatic carbocycles. The van der Waals surface area contributed by atoms with Gasteiger partial charge in [0.2, 0.25) is 0 Å². The van der Waals surface area contributed by atoms with Gasteiger partial charge in [-0.05, 0) is 30.5 Å². The van der Waals surface area contributed by atoms with E-state index in [1.165, 1.54) is 0 Å². The van der Waals surface area contributed by atoms with Crippen molar-refractivity contribution in [3.05, 3.63) is 35.4 Å². The van der Waals surface area contributed by atoms with Gasteiger partial charge in [-0.15, -0.1) is 0 Å². The summed E-state index contributed by atoms with van der Waals surface area (Å²) < 4.78 is 11.5. The van der Waals surface area contributed by atoms with Crippen LogP contribution in [0.25, 0.3) is 0 Å². The second-order valence-corrected chi connectivity index (χ2v) is 5.57. The van der Waals surface area contributed by atoms with E-state index in [0.29, 0.717) is 6.04 Å². The van der Waals surface area contributed by atoms with Crippen molar-refractivity contribution in [3.8, 4) is 6.07 Å². The van der Waals surface area contributed by atoms with Gasteiger partial charge in [-0.3, -0.25) is 0 Å². The lowest BCUT2D eigenvalue weighted by molar-refractivity contribution is -0.179. The molecule has 1 aromatic rings. The highest BCUT2D eigenvalue weighted by Crippen LogP contribution is 2.35. The Kier molecular flexibility index (Phi) is 4.02. The van der Waals surface area contributed by atoms with Gasteiger partial charge in [-0.25, -0.2) is 0 Å². The summed E-state index contributed by atoms with van der Waals surface area (Å²) in [7, 11) is 0. The van der Waals surface area contributed by atoms with Gasteiger partial charge >= 0.3 is 0 Å². The number of ether oxygens (including phenoxy) is 2. The van der Waals surface area contributed by atoms with E-state index in [1.807, 2.05) is 18.2 Å². The SMILES string of the molecule is N#Cc1cccc(CNC2CCC3(CC2)OCCO3)c1. The van der Waals surface area contributed by atoms with Crippen molar-refractivity contribution in [1.82, 2.24) is 5.32 Å². The van der Waals surface area contributed by atoms with Crippen molar-refractivity contribution in [2.24, 2.45) is 0 Å². The molecule has 0 bridgehead atoms. The van der Waals surface area contributed by atoms with Crippen LogP contribution in [0.2, 0.25) is 0 Å². The molecular formula is C16H20N2O2. The fourth-order valence-corrected chi connectivity index (χ4v) is 3.06. The molecule has 4 nitrogen and oxygen atoms in total. The Balaban J connectivity index is 1.49. The number of nitrogens with one attached hydrogen (secondary N) is 1. The molecule has 2 aliphatic rings. The Morgan fingerprint density at radius 1 is 1.25 bits per heavy atom. The van der Waals surface area contributed by atoms with E-state index < -0.39 is 0 Å². The lowest BCUT2D eigenvalue weighted by atomic mass is 9.90. The maximum Gasteiger partial charge on any atom is 0.168 e. The fourth-order valence-electron chi connectivity index (χ4n) is 3.06. The second kappa shape index (κ2) is 5.92. The van der Waals surface area contributed by atoms with Gasteiger partial charge in [0.15, 0.2) is 5.79 Å². The minimum Gasteiger partial charge on any atom is -0.348 e. The van der Waals surface area contributed by atoms with Crippen LogP contribution in [0.15, 0.2) is 24.3 Å². The van der Waals surface area contributed by atoms with E-state index in [-0.39, 0.29) is 5.79 Å². The molecule has 4 heteroatoms. The van der Waals surface area contributed by atoms with E-state index in [9.17, 15) is 0 Å². The summed E-state index contributed by atoms with van der Waals surface area (Å²) in [4.78, 5) is 0. The van der Waals surface area contributed by atoms with Crippen LogP contribution in [0.1, 0.15) is 36.8 Å². The quantitative estimate of drug-likeness (QED) is 0.917. The van der Waals surface area contributed by atoms with Crippen molar-refractivity contribution in [2.75, 3.05) is 13.2 Å². The summed E-state index contributed by atoms with van der Waals surface area (Å²) >= 11 is 0. The normalized spacial score (nSPS) is 21.9. The zero-order valence-corrected chi connectivity index (χ0v) is 11.6.